The molecule has 0 saturated heterocycles. The third-order valence-electron chi connectivity index (χ3n) is 3.37. The van der Waals surface area contributed by atoms with Gasteiger partial charge in [-0.1, -0.05) is 18.2 Å². The SMILES string of the molecule is Cc1cc(C(=O)O)ccc1OCc1csc2ccccc12. The van der Waals surface area contributed by atoms with Crippen LogP contribution < -0.4 is 4.74 Å². The number of carboxylic acids is 1. The first kappa shape index (κ1) is 13.6. The van der Waals surface area contributed by atoms with E-state index in [1.54, 1.807) is 29.5 Å². The van der Waals surface area contributed by atoms with E-state index in [2.05, 4.69) is 17.5 Å². The summed E-state index contributed by atoms with van der Waals surface area (Å²) in [7, 11) is 0. The van der Waals surface area contributed by atoms with Crippen LogP contribution in [-0.4, -0.2) is 11.1 Å². The number of carboxylic acid groups (broad SMARTS) is 1. The van der Waals surface area contributed by atoms with E-state index in [1.807, 2.05) is 19.1 Å². The van der Waals surface area contributed by atoms with Gasteiger partial charge < -0.3 is 9.84 Å². The second kappa shape index (κ2) is 5.58. The molecule has 0 fully saturated rings. The first-order valence-corrected chi connectivity index (χ1v) is 7.45. The summed E-state index contributed by atoms with van der Waals surface area (Å²) in [5.41, 5.74) is 2.26. The molecule has 1 N–H and O–H groups in total. The second-order valence-electron chi connectivity index (χ2n) is 4.83. The van der Waals surface area contributed by atoms with Crippen LogP contribution in [0.2, 0.25) is 0 Å². The Morgan fingerprint density at radius 2 is 2.05 bits per heavy atom. The van der Waals surface area contributed by atoms with Crippen LogP contribution in [-0.2, 0) is 6.61 Å². The van der Waals surface area contributed by atoms with E-state index < -0.39 is 5.97 Å². The van der Waals surface area contributed by atoms with Gasteiger partial charge in [-0.05, 0) is 47.5 Å². The van der Waals surface area contributed by atoms with E-state index in [1.165, 1.54) is 10.1 Å². The summed E-state index contributed by atoms with van der Waals surface area (Å²) in [6.07, 6.45) is 0. The number of aryl methyl sites for hydroxylation is 1. The van der Waals surface area contributed by atoms with E-state index >= 15 is 0 Å². The molecule has 3 aromatic rings. The topological polar surface area (TPSA) is 46.5 Å². The Morgan fingerprint density at radius 1 is 1.24 bits per heavy atom. The van der Waals surface area contributed by atoms with Crippen molar-refractivity contribution in [2.45, 2.75) is 13.5 Å². The number of hydrogen-bond donors (Lipinski definition) is 1. The van der Waals surface area contributed by atoms with Crippen LogP contribution in [0.3, 0.4) is 0 Å². The van der Waals surface area contributed by atoms with E-state index in [0.717, 1.165) is 16.9 Å². The molecule has 0 bridgehead atoms. The highest BCUT2D eigenvalue weighted by Gasteiger charge is 2.08. The Hall–Kier alpha value is -2.33. The summed E-state index contributed by atoms with van der Waals surface area (Å²) < 4.78 is 7.08. The number of thiophene rings is 1. The monoisotopic (exact) mass is 298 g/mol. The lowest BCUT2D eigenvalue weighted by Crippen LogP contribution is -2.00. The van der Waals surface area contributed by atoms with Gasteiger partial charge in [-0.25, -0.2) is 4.79 Å². The van der Waals surface area contributed by atoms with Gasteiger partial charge in [0.15, 0.2) is 0 Å². The molecule has 0 unspecified atom stereocenters. The van der Waals surface area contributed by atoms with Gasteiger partial charge in [-0.2, -0.15) is 0 Å². The van der Waals surface area contributed by atoms with E-state index in [4.69, 9.17) is 9.84 Å². The first-order chi connectivity index (χ1) is 10.1. The predicted molar refractivity (Wildman–Crippen MR) is 84.3 cm³/mol. The van der Waals surface area contributed by atoms with Crippen LogP contribution in [0.4, 0.5) is 0 Å². The Bertz CT molecular complexity index is 805. The molecule has 0 saturated carbocycles. The number of ether oxygens (including phenoxy) is 1. The summed E-state index contributed by atoms with van der Waals surface area (Å²) in [5, 5.41) is 12.3. The molecule has 1 heterocycles. The summed E-state index contributed by atoms with van der Waals surface area (Å²) in [5.74, 6) is -0.205. The highest BCUT2D eigenvalue weighted by atomic mass is 32.1. The van der Waals surface area contributed by atoms with E-state index in [9.17, 15) is 4.79 Å². The smallest absolute Gasteiger partial charge is 0.335 e. The van der Waals surface area contributed by atoms with Crippen molar-refractivity contribution in [1.82, 2.24) is 0 Å². The van der Waals surface area contributed by atoms with Crippen molar-refractivity contribution in [2.24, 2.45) is 0 Å². The van der Waals surface area contributed by atoms with E-state index in [0.29, 0.717) is 6.61 Å². The normalized spacial score (nSPS) is 10.7. The average molecular weight is 298 g/mol. The van der Waals surface area contributed by atoms with Crippen molar-refractivity contribution in [1.29, 1.82) is 0 Å². The van der Waals surface area contributed by atoms with Crippen LogP contribution in [0, 0.1) is 6.92 Å². The summed E-state index contributed by atoms with van der Waals surface area (Å²) >= 11 is 1.70. The lowest BCUT2D eigenvalue weighted by Gasteiger charge is -2.09. The third kappa shape index (κ3) is 2.76. The highest BCUT2D eigenvalue weighted by Crippen LogP contribution is 2.27. The molecule has 3 nitrogen and oxygen atoms in total. The van der Waals surface area contributed by atoms with Gasteiger partial charge in [0.2, 0.25) is 0 Å². The molecule has 3 rings (SSSR count). The Morgan fingerprint density at radius 3 is 2.81 bits per heavy atom. The number of rotatable bonds is 4. The third-order valence-corrected chi connectivity index (χ3v) is 4.38. The van der Waals surface area contributed by atoms with Gasteiger partial charge in [0, 0.05) is 10.3 Å². The summed E-state index contributed by atoms with van der Waals surface area (Å²) in [4.78, 5) is 10.9. The van der Waals surface area contributed by atoms with Gasteiger partial charge in [-0.15, -0.1) is 11.3 Å². The molecule has 106 valence electrons. The van der Waals surface area contributed by atoms with Crippen LogP contribution >= 0.6 is 11.3 Å². The molecule has 2 aromatic carbocycles. The highest BCUT2D eigenvalue weighted by molar-refractivity contribution is 7.17. The molecule has 0 spiro atoms. The number of fused-ring (bicyclic) bond motifs is 1. The maximum Gasteiger partial charge on any atom is 0.335 e. The minimum Gasteiger partial charge on any atom is -0.489 e. The Kier molecular flexibility index (Phi) is 3.62. The molecule has 0 aliphatic heterocycles. The molecule has 1 aromatic heterocycles. The lowest BCUT2D eigenvalue weighted by molar-refractivity contribution is 0.0696. The van der Waals surface area contributed by atoms with Gasteiger partial charge in [-0.3, -0.25) is 0 Å². The zero-order chi connectivity index (χ0) is 14.8. The maximum absolute atomic E-state index is 10.9. The lowest BCUT2D eigenvalue weighted by atomic mass is 10.1. The number of carbonyl (C=O) groups is 1. The fourth-order valence-electron chi connectivity index (χ4n) is 2.24. The molecule has 0 amide bonds. The molecule has 0 radical (unpaired) electrons. The molecular weight excluding hydrogens is 284 g/mol. The van der Waals surface area contributed by atoms with Crippen LogP contribution in [0.15, 0.2) is 47.8 Å². The zero-order valence-corrected chi connectivity index (χ0v) is 12.3. The fraction of sp³-hybridized carbons (Fsp3) is 0.118. The molecule has 21 heavy (non-hydrogen) atoms. The van der Waals surface area contributed by atoms with Gasteiger partial charge in [0.05, 0.1) is 5.56 Å². The van der Waals surface area contributed by atoms with Crippen molar-refractivity contribution in [3.8, 4) is 5.75 Å². The molecule has 4 heteroatoms. The largest absolute Gasteiger partial charge is 0.489 e. The van der Waals surface area contributed by atoms with Crippen molar-refractivity contribution >= 4 is 27.4 Å². The number of hydrogen-bond acceptors (Lipinski definition) is 3. The maximum atomic E-state index is 10.9. The Labute approximate surface area is 126 Å². The van der Waals surface area contributed by atoms with Crippen molar-refractivity contribution in [2.75, 3.05) is 0 Å². The Balaban J connectivity index is 1.80. The quantitative estimate of drug-likeness (QED) is 0.772. The van der Waals surface area contributed by atoms with Gasteiger partial charge in [0.25, 0.3) is 0 Å². The molecular formula is C17H14O3S. The summed E-state index contributed by atoms with van der Waals surface area (Å²) in [6.45, 7) is 2.34. The fourth-order valence-corrected chi connectivity index (χ4v) is 3.19. The number of aromatic carboxylic acids is 1. The minimum absolute atomic E-state index is 0.279. The number of benzene rings is 2. The van der Waals surface area contributed by atoms with Gasteiger partial charge >= 0.3 is 5.97 Å². The summed E-state index contributed by atoms with van der Waals surface area (Å²) in [6, 6.07) is 13.1. The van der Waals surface area contributed by atoms with Crippen LogP contribution in [0.25, 0.3) is 10.1 Å². The molecule has 0 aliphatic carbocycles. The first-order valence-electron chi connectivity index (χ1n) is 6.57. The predicted octanol–water partition coefficient (Wildman–Crippen LogP) is 4.49. The molecule has 0 atom stereocenters. The van der Waals surface area contributed by atoms with E-state index in [-0.39, 0.29) is 5.56 Å². The van der Waals surface area contributed by atoms with Crippen molar-refractivity contribution in [3.63, 3.8) is 0 Å². The molecule has 0 aliphatic rings. The van der Waals surface area contributed by atoms with Crippen LogP contribution in [0.1, 0.15) is 21.5 Å². The standard InChI is InChI=1S/C17H14O3S/c1-11-8-12(17(18)19)6-7-15(11)20-9-13-10-21-16-5-3-2-4-14(13)16/h2-8,10H,9H2,1H3,(H,18,19). The zero-order valence-electron chi connectivity index (χ0n) is 11.5. The van der Waals surface area contributed by atoms with Crippen molar-refractivity contribution in [3.05, 3.63) is 64.5 Å². The van der Waals surface area contributed by atoms with Crippen molar-refractivity contribution < 1.29 is 14.6 Å². The second-order valence-corrected chi connectivity index (χ2v) is 5.74. The minimum atomic E-state index is -0.923. The van der Waals surface area contributed by atoms with Gasteiger partial charge in [0.1, 0.15) is 12.4 Å². The average Bonchev–Trinajstić information content (AvgIpc) is 2.89. The van der Waals surface area contributed by atoms with Crippen LogP contribution in [0.5, 0.6) is 5.75 Å².